The number of rotatable bonds is 7. The molecule has 0 bridgehead atoms. The average molecular weight is 374 g/mol. The molecule has 0 radical (unpaired) electrons. The van der Waals surface area contributed by atoms with Crippen LogP contribution in [0, 0.1) is 10.1 Å². The largest absolute Gasteiger partial charge is 0.478 e. The number of H-pyrrole nitrogens is 1. The smallest absolute Gasteiger partial charge is 0.406 e. The van der Waals surface area contributed by atoms with E-state index in [-0.39, 0.29) is 23.5 Å². The van der Waals surface area contributed by atoms with Crippen LogP contribution in [-0.4, -0.2) is 29.0 Å². The highest BCUT2D eigenvalue weighted by Gasteiger charge is 2.19. The number of hydrogen-bond donors (Lipinski definition) is 1. The zero-order valence-electron chi connectivity index (χ0n) is 14.8. The lowest BCUT2D eigenvalue weighted by molar-refractivity contribution is -0.390. The van der Waals surface area contributed by atoms with Crippen LogP contribution in [0.3, 0.4) is 0 Å². The van der Waals surface area contributed by atoms with Crippen LogP contribution in [0.1, 0.15) is 25.6 Å². The van der Waals surface area contributed by atoms with Crippen molar-refractivity contribution in [2.45, 2.75) is 32.9 Å². The predicted molar refractivity (Wildman–Crippen MR) is 95.7 cm³/mol. The van der Waals surface area contributed by atoms with E-state index in [1.807, 2.05) is 6.92 Å². The quantitative estimate of drug-likeness (QED) is 0.483. The van der Waals surface area contributed by atoms with E-state index in [1.165, 1.54) is 27.5 Å². The molecule has 0 saturated carbocycles. The molecule has 0 spiro atoms. The topological polar surface area (TPSA) is 138 Å². The van der Waals surface area contributed by atoms with E-state index in [9.17, 15) is 19.7 Å². The fraction of sp³-hybridized carbons (Fsp3) is 0.375. The van der Waals surface area contributed by atoms with Crippen molar-refractivity contribution in [2.24, 2.45) is 7.05 Å². The lowest BCUT2D eigenvalue weighted by Gasteiger charge is -2.06. The Morgan fingerprint density at radius 1 is 1.37 bits per heavy atom. The lowest BCUT2D eigenvalue weighted by atomic mass is 10.3. The van der Waals surface area contributed by atoms with E-state index in [2.05, 4.69) is 15.0 Å². The van der Waals surface area contributed by atoms with Gasteiger partial charge in [0.05, 0.1) is 0 Å². The van der Waals surface area contributed by atoms with Gasteiger partial charge in [-0.1, -0.05) is 13.3 Å². The summed E-state index contributed by atoms with van der Waals surface area (Å²) in [5, 5.41) is 11.0. The summed E-state index contributed by atoms with van der Waals surface area (Å²) in [6.07, 6.45) is 2.93. The van der Waals surface area contributed by atoms with Crippen molar-refractivity contribution in [3.8, 4) is 5.75 Å². The zero-order valence-corrected chi connectivity index (χ0v) is 14.8. The Balaban J connectivity index is 2.00. The summed E-state index contributed by atoms with van der Waals surface area (Å²) in [6.45, 7) is 2.29. The van der Waals surface area contributed by atoms with Gasteiger partial charge in [0.15, 0.2) is 11.2 Å². The Bertz CT molecular complexity index is 1110. The summed E-state index contributed by atoms with van der Waals surface area (Å²) in [7, 11) is 1.62. The molecule has 0 unspecified atom stereocenters. The van der Waals surface area contributed by atoms with Crippen LogP contribution >= 0.6 is 0 Å². The number of nitrogens with zero attached hydrogens (tertiary/aromatic N) is 5. The van der Waals surface area contributed by atoms with Gasteiger partial charge in [-0.15, -0.1) is 0 Å². The van der Waals surface area contributed by atoms with E-state index in [0.717, 1.165) is 12.8 Å². The molecule has 1 N–H and O–H groups in total. The second kappa shape index (κ2) is 7.40. The second-order valence-electron chi connectivity index (χ2n) is 5.89. The van der Waals surface area contributed by atoms with E-state index in [4.69, 9.17) is 4.74 Å². The molecule has 11 heteroatoms. The highest BCUT2D eigenvalue weighted by Crippen LogP contribution is 2.24. The van der Waals surface area contributed by atoms with E-state index in [0.29, 0.717) is 12.4 Å². The molecule has 0 saturated heterocycles. The van der Waals surface area contributed by atoms with Crippen LogP contribution < -0.4 is 16.0 Å². The van der Waals surface area contributed by atoms with Crippen LogP contribution in [-0.2, 0) is 20.2 Å². The Hall–Kier alpha value is -3.50. The third-order valence-electron chi connectivity index (χ3n) is 4.12. The maximum Gasteiger partial charge on any atom is 0.406 e. The number of ether oxygens (including phenoxy) is 1. The van der Waals surface area contributed by atoms with Crippen molar-refractivity contribution in [1.82, 2.24) is 24.1 Å². The van der Waals surface area contributed by atoms with Gasteiger partial charge in [-0.05, 0) is 28.5 Å². The zero-order chi connectivity index (χ0) is 19.6. The molecule has 0 amide bonds. The van der Waals surface area contributed by atoms with Crippen LogP contribution in [0.5, 0.6) is 5.75 Å². The fourth-order valence-corrected chi connectivity index (χ4v) is 2.72. The van der Waals surface area contributed by atoms with Crippen molar-refractivity contribution in [1.29, 1.82) is 0 Å². The Morgan fingerprint density at radius 2 is 2.15 bits per heavy atom. The first-order valence-corrected chi connectivity index (χ1v) is 8.34. The number of pyridine rings is 1. The summed E-state index contributed by atoms with van der Waals surface area (Å²) in [6, 6.07) is 2.95. The molecule has 0 aliphatic heterocycles. The van der Waals surface area contributed by atoms with Crippen LogP contribution in [0.2, 0.25) is 0 Å². The monoisotopic (exact) mass is 374 g/mol. The Morgan fingerprint density at radius 3 is 2.85 bits per heavy atom. The maximum atomic E-state index is 12.2. The first-order valence-electron chi connectivity index (χ1n) is 8.34. The number of nitrogens with one attached hydrogen (secondary N) is 1. The van der Waals surface area contributed by atoms with Gasteiger partial charge < -0.3 is 19.4 Å². The average Bonchev–Trinajstić information content (AvgIpc) is 2.97. The van der Waals surface area contributed by atoms with Crippen molar-refractivity contribution in [3.63, 3.8) is 0 Å². The Kier molecular flexibility index (Phi) is 5.01. The van der Waals surface area contributed by atoms with Gasteiger partial charge in [-0.2, -0.15) is 0 Å². The van der Waals surface area contributed by atoms with Gasteiger partial charge in [-0.25, -0.2) is 9.78 Å². The minimum atomic E-state index is -0.641. The molecule has 3 aromatic heterocycles. The summed E-state index contributed by atoms with van der Waals surface area (Å²) in [5.41, 5.74) is -0.560. The van der Waals surface area contributed by atoms with Gasteiger partial charge in [0.25, 0.3) is 5.56 Å². The fourth-order valence-electron chi connectivity index (χ4n) is 2.72. The van der Waals surface area contributed by atoms with Gasteiger partial charge in [0.2, 0.25) is 5.75 Å². The first-order chi connectivity index (χ1) is 12.9. The summed E-state index contributed by atoms with van der Waals surface area (Å²) >= 11 is 0. The molecule has 0 fully saturated rings. The minimum absolute atomic E-state index is 0.00756. The number of nitro groups is 1. The van der Waals surface area contributed by atoms with Crippen LogP contribution in [0.4, 0.5) is 5.82 Å². The minimum Gasteiger partial charge on any atom is -0.478 e. The van der Waals surface area contributed by atoms with Gasteiger partial charge in [0.1, 0.15) is 18.6 Å². The number of aromatic nitrogens is 5. The summed E-state index contributed by atoms with van der Waals surface area (Å²) in [5.74, 6) is -0.0645. The van der Waals surface area contributed by atoms with Gasteiger partial charge in [0, 0.05) is 13.6 Å². The molecular formula is C16H18N6O5. The standard InChI is InChI=1S/C16H18N6O5/c1-3-4-8-21-14-12(15(23)19-16(21)24)20(2)11(18-14)9-27-10-6-5-7-17-13(10)22(25)26/h5-7H,3-4,8-9H2,1-2H3,(H,19,23,24). The second-order valence-corrected chi connectivity index (χ2v) is 5.89. The van der Waals surface area contributed by atoms with E-state index >= 15 is 0 Å². The number of imidazole rings is 1. The molecule has 0 aliphatic carbocycles. The molecule has 11 nitrogen and oxygen atoms in total. The highest BCUT2D eigenvalue weighted by molar-refractivity contribution is 5.70. The molecule has 0 aromatic carbocycles. The number of aromatic amines is 1. The molecular weight excluding hydrogens is 356 g/mol. The molecule has 3 rings (SSSR count). The summed E-state index contributed by atoms with van der Waals surface area (Å²) in [4.78, 5) is 45.1. The van der Waals surface area contributed by atoms with Crippen molar-refractivity contribution in [3.05, 3.63) is 55.1 Å². The lowest BCUT2D eigenvalue weighted by Crippen LogP contribution is -2.31. The van der Waals surface area contributed by atoms with Crippen molar-refractivity contribution in [2.75, 3.05) is 0 Å². The molecule has 142 valence electrons. The molecule has 0 aliphatic rings. The van der Waals surface area contributed by atoms with Gasteiger partial charge >= 0.3 is 11.5 Å². The van der Waals surface area contributed by atoms with E-state index < -0.39 is 22.0 Å². The van der Waals surface area contributed by atoms with Crippen LogP contribution in [0.25, 0.3) is 11.2 Å². The highest BCUT2D eigenvalue weighted by atomic mass is 16.6. The number of hydrogen-bond acceptors (Lipinski definition) is 7. The normalized spacial score (nSPS) is 11.0. The number of fused-ring (bicyclic) bond motifs is 1. The molecule has 3 heterocycles. The SMILES string of the molecule is CCCCn1c(=O)[nH]c(=O)c2c1nc(COc1cccnc1[N+](=O)[O-])n2C. The van der Waals surface area contributed by atoms with Crippen molar-refractivity contribution < 1.29 is 9.66 Å². The Labute approximate surface area is 152 Å². The van der Waals surface area contributed by atoms with Crippen LogP contribution in [0.15, 0.2) is 27.9 Å². The molecule has 0 atom stereocenters. The maximum absolute atomic E-state index is 12.2. The van der Waals surface area contributed by atoms with Gasteiger partial charge in [-0.3, -0.25) is 14.3 Å². The third kappa shape index (κ3) is 3.43. The van der Waals surface area contributed by atoms with Crippen molar-refractivity contribution >= 4 is 17.0 Å². The van der Waals surface area contributed by atoms with E-state index in [1.54, 1.807) is 7.05 Å². The number of unbranched alkanes of at least 4 members (excludes halogenated alkanes) is 1. The summed E-state index contributed by atoms with van der Waals surface area (Å²) < 4.78 is 8.42. The molecule has 3 aromatic rings. The third-order valence-corrected chi connectivity index (χ3v) is 4.12. The first kappa shape index (κ1) is 18.3. The predicted octanol–water partition coefficient (Wildman–Crippen LogP) is 1.11. The molecule has 27 heavy (non-hydrogen) atoms. The number of aryl methyl sites for hydroxylation is 2.